The van der Waals surface area contributed by atoms with Crippen LogP contribution in [-0.4, -0.2) is 24.2 Å². The highest BCUT2D eigenvalue weighted by Crippen LogP contribution is 2.02. The van der Waals surface area contributed by atoms with Crippen molar-refractivity contribution < 1.29 is 19.4 Å². The number of ether oxygens (including phenoxy) is 1. The van der Waals surface area contributed by atoms with Gasteiger partial charge in [0.1, 0.15) is 0 Å². The van der Waals surface area contributed by atoms with Gasteiger partial charge in [0, 0.05) is 6.08 Å². The molecule has 0 aliphatic heterocycles. The molecule has 0 heterocycles. The van der Waals surface area contributed by atoms with Crippen LogP contribution in [0.5, 0.6) is 0 Å². The van der Waals surface area contributed by atoms with Gasteiger partial charge in [0.2, 0.25) is 0 Å². The SMILES string of the molecule is C=CC(=O)OCCCc1ccccc1.O=CO. The Morgan fingerprint density at radius 3 is 2.47 bits per heavy atom. The van der Waals surface area contributed by atoms with E-state index in [1.165, 1.54) is 11.6 Å². The van der Waals surface area contributed by atoms with E-state index >= 15 is 0 Å². The van der Waals surface area contributed by atoms with Gasteiger partial charge in [-0.1, -0.05) is 36.9 Å². The van der Waals surface area contributed by atoms with E-state index in [1.54, 1.807) is 0 Å². The summed E-state index contributed by atoms with van der Waals surface area (Å²) in [7, 11) is 0. The van der Waals surface area contributed by atoms with Crippen molar-refractivity contribution in [3.63, 3.8) is 0 Å². The molecule has 1 aromatic carbocycles. The van der Waals surface area contributed by atoms with Crippen LogP contribution in [0.4, 0.5) is 0 Å². The van der Waals surface area contributed by atoms with Gasteiger partial charge in [-0.3, -0.25) is 4.79 Å². The summed E-state index contributed by atoms with van der Waals surface area (Å²) < 4.78 is 4.86. The number of esters is 1. The fraction of sp³-hybridized carbons (Fsp3) is 0.231. The first-order valence-electron chi connectivity index (χ1n) is 5.15. The highest BCUT2D eigenvalue weighted by molar-refractivity contribution is 5.81. The van der Waals surface area contributed by atoms with E-state index in [9.17, 15) is 4.79 Å². The van der Waals surface area contributed by atoms with Crippen LogP contribution in [0.1, 0.15) is 12.0 Å². The average Bonchev–Trinajstić information content (AvgIpc) is 2.36. The Kier molecular flexibility index (Phi) is 9.13. The summed E-state index contributed by atoms with van der Waals surface area (Å²) in [5.74, 6) is -0.349. The summed E-state index contributed by atoms with van der Waals surface area (Å²) in [6, 6.07) is 10.1. The monoisotopic (exact) mass is 236 g/mol. The van der Waals surface area contributed by atoms with E-state index in [1.807, 2.05) is 18.2 Å². The Labute approximate surface area is 101 Å². The van der Waals surface area contributed by atoms with E-state index in [4.69, 9.17) is 14.6 Å². The Hall–Kier alpha value is -2.10. The number of hydrogen-bond acceptors (Lipinski definition) is 3. The smallest absolute Gasteiger partial charge is 0.330 e. The van der Waals surface area contributed by atoms with Crippen LogP contribution in [0.15, 0.2) is 43.0 Å². The first kappa shape index (κ1) is 14.9. The summed E-state index contributed by atoms with van der Waals surface area (Å²) in [4.78, 5) is 19.0. The number of benzene rings is 1. The molecule has 1 rings (SSSR count). The van der Waals surface area contributed by atoms with Gasteiger partial charge in [-0.25, -0.2) is 4.79 Å². The van der Waals surface area contributed by atoms with Crippen LogP contribution >= 0.6 is 0 Å². The molecule has 0 aliphatic rings. The molecule has 0 radical (unpaired) electrons. The third kappa shape index (κ3) is 8.87. The Morgan fingerprint density at radius 2 is 1.94 bits per heavy atom. The molecule has 1 aromatic rings. The molecular formula is C13H16O4. The zero-order valence-electron chi connectivity index (χ0n) is 9.54. The minimum atomic E-state index is -0.349. The second kappa shape index (κ2) is 10.4. The predicted molar refractivity (Wildman–Crippen MR) is 64.6 cm³/mol. The van der Waals surface area contributed by atoms with Gasteiger partial charge in [0.25, 0.3) is 6.47 Å². The minimum Gasteiger partial charge on any atom is -0.483 e. The lowest BCUT2D eigenvalue weighted by molar-refractivity contribution is -0.137. The molecule has 4 heteroatoms. The lowest BCUT2D eigenvalue weighted by Crippen LogP contribution is -2.02. The standard InChI is InChI=1S/C12H14O2.CH2O2/c1-2-12(13)14-10-6-9-11-7-4-3-5-8-11;2-1-3/h2-5,7-8H,1,6,9-10H2;1H,(H,2,3). The molecule has 0 aliphatic carbocycles. The molecule has 0 atom stereocenters. The van der Waals surface area contributed by atoms with E-state index in [-0.39, 0.29) is 12.4 Å². The van der Waals surface area contributed by atoms with Gasteiger partial charge in [0.15, 0.2) is 0 Å². The van der Waals surface area contributed by atoms with Crippen LogP contribution in [0, 0.1) is 0 Å². The van der Waals surface area contributed by atoms with Crippen LogP contribution < -0.4 is 0 Å². The topological polar surface area (TPSA) is 63.6 Å². The number of carboxylic acid groups (broad SMARTS) is 1. The van der Waals surface area contributed by atoms with Crippen molar-refractivity contribution in [2.24, 2.45) is 0 Å². The quantitative estimate of drug-likeness (QED) is 0.368. The van der Waals surface area contributed by atoms with Gasteiger partial charge < -0.3 is 9.84 Å². The van der Waals surface area contributed by atoms with E-state index < -0.39 is 0 Å². The molecule has 0 amide bonds. The fourth-order valence-electron chi connectivity index (χ4n) is 1.15. The maximum Gasteiger partial charge on any atom is 0.330 e. The van der Waals surface area contributed by atoms with Crippen molar-refractivity contribution in [3.8, 4) is 0 Å². The van der Waals surface area contributed by atoms with E-state index in [0.717, 1.165) is 12.8 Å². The Balaban J connectivity index is 0.000000770. The van der Waals surface area contributed by atoms with Crippen LogP contribution in [-0.2, 0) is 20.7 Å². The highest BCUT2D eigenvalue weighted by atomic mass is 16.5. The molecule has 0 spiro atoms. The van der Waals surface area contributed by atoms with Crippen molar-refractivity contribution in [1.82, 2.24) is 0 Å². The van der Waals surface area contributed by atoms with Crippen molar-refractivity contribution in [2.45, 2.75) is 12.8 Å². The van der Waals surface area contributed by atoms with Crippen molar-refractivity contribution in [3.05, 3.63) is 48.6 Å². The highest BCUT2D eigenvalue weighted by Gasteiger charge is 1.95. The third-order valence-corrected chi connectivity index (χ3v) is 1.86. The minimum absolute atomic E-state index is 0.250. The average molecular weight is 236 g/mol. The molecule has 0 aromatic heterocycles. The van der Waals surface area contributed by atoms with Crippen LogP contribution in [0.2, 0.25) is 0 Å². The van der Waals surface area contributed by atoms with Gasteiger partial charge >= 0.3 is 5.97 Å². The Morgan fingerprint density at radius 1 is 1.35 bits per heavy atom. The van der Waals surface area contributed by atoms with E-state index in [2.05, 4.69) is 18.7 Å². The zero-order chi connectivity index (χ0) is 12.9. The van der Waals surface area contributed by atoms with Crippen LogP contribution in [0.25, 0.3) is 0 Å². The lowest BCUT2D eigenvalue weighted by Gasteiger charge is -2.01. The maximum absolute atomic E-state index is 10.7. The molecular weight excluding hydrogens is 220 g/mol. The third-order valence-electron chi connectivity index (χ3n) is 1.86. The Bertz CT molecular complexity index is 333. The normalized spacial score (nSPS) is 8.47. The van der Waals surface area contributed by atoms with E-state index in [0.29, 0.717) is 6.61 Å². The predicted octanol–water partition coefficient (Wildman–Crippen LogP) is 2.05. The summed E-state index contributed by atoms with van der Waals surface area (Å²) in [6.45, 7) is 3.53. The molecule has 17 heavy (non-hydrogen) atoms. The second-order valence-electron chi connectivity index (χ2n) is 3.07. The lowest BCUT2D eigenvalue weighted by atomic mass is 10.1. The number of carbonyl (C=O) groups is 2. The molecule has 0 saturated carbocycles. The molecule has 0 unspecified atom stereocenters. The molecule has 1 N–H and O–H groups in total. The maximum atomic E-state index is 10.7. The second-order valence-corrected chi connectivity index (χ2v) is 3.07. The van der Waals surface area contributed by atoms with Gasteiger partial charge in [-0.2, -0.15) is 0 Å². The number of rotatable bonds is 5. The molecule has 4 nitrogen and oxygen atoms in total. The summed E-state index contributed by atoms with van der Waals surface area (Å²) in [5, 5.41) is 6.89. The van der Waals surface area contributed by atoms with Crippen LogP contribution in [0.3, 0.4) is 0 Å². The number of carbonyl (C=O) groups excluding carboxylic acids is 1. The summed E-state index contributed by atoms with van der Waals surface area (Å²) >= 11 is 0. The van der Waals surface area contributed by atoms with Gasteiger partial charge in [-0.15, -0.1) is 0 Å². The van der Waals surface area contributed by atoms with Crippen molar-refractivity contribution in [2.75, 3.05) is 6.61 Å². The zero-order valence-corrected chi connectivity index (χ0v) is 9.54. The summed E-state index contributed by atoms with van der Waals surface area (Å²) in [5.41, 5.74) is 1.27. The first-order chi connectivity index (χ1) is 8.24. The molecule has 0 bridgehead atoms. The number of aryl methyl sites for hydroxylation is 1. The summed E-state index contributed by atoms with van der Waals surface area (Å²) in [6.07, 6.45) is 2.97. The van der Waals surface area contributed by atoms with Gasteiger partial charge in [-0.05, 0) is 18.4 Å². The van der Waals surface area contributed by atoms with Gasteiger partial charge in [0.05, 0.1) is 6.61 Å². The van der Waals surface area contributed by atoms with Crippen molar-refractivity contribution >= 4 is 12.4 Å². The fourth-order valence-corrected chi connectivity index (χ4v) is 1.15. The molecule has 0 fully saturated rings. The molecule has 92 valence electrons. The number of hydrogen-bond donors (Lipinski definition) is 1. The first-order valence-corrected chi connectivity index (χ1v) is 5.15. The largest absolute Gasteiger partial charge is 0.483 e. The van der Waals surface area contributed by atoms with Crippen molar-refractivity contribution in [1.29, 1.82) is 0 Å². The molecule has 0 saturated heterocycles.